The summed E-state index contributed by atoms with van der Waals surface area (Å²) in [6.45, 7) is 4.07. The Balaban J connectivity index is 1.55. The van der Waals surface area contributed by atoms with Gasteiger partial charge in [0, 0.05) is 5.69 Å². The fraction of sp³-hybridized carbons (Fsp3) is 0.227. The minimum atomic E-state index is -0.190. The highest BCUT2D eigenvalue weighted by molar-refractivity contribution is 7.99. The molecule has 0 fully saturated rings. The topological polar surface area (TPSA) is 92.9 Å². The van der Waals surface area contributed by atoms with Crippen molar-refractivity contribution in [2.45, 2.75) is 31.6 Å². The molecule has 0 aliphatic rings. The molecule has 1 unspecified atom stereocenters. The maximum Gasteiger partial charge on any atom is 0.278 e. The van der Waals surface area contributed by atoms with E-state index in [1.807, 2.05) is 50.2 Å². The molecule has 7 nitrogen and oxygen atoms in total. The number of nitrogens with one attached hydrogen (secondary N) is 2. The van der Waals surface area contributed by atoms with E-state index in [1.54, 1.807) is 18.4 Å². The number of nitrogens with zero attached hydrogens (tertiary/aromatic N) is 2. The number of furan rings is 1. The summed E-state index contributed by atoms with van der Waals surface area (Å²) in [7, 11) is 0. The van der Waals surface area contributed by atoms with E-state index in [0.717, 1.165) is 11.3 Å². The molecule has 0 saturated heterocycles. The minimum absolute atomic E-state index is 0.104. The number of H-pyrrole nitrogens is 1. The van der Waals surface area contributed by atoms with E-state index in [1.165, 1.54) is 16.3 Å². The van der Waals surface area contributed by atoms with E-state index >= 15 is 0 Å². The van der Waals surface area contributed by atoms with Crippen LogP contribution < -0.4 is 10.9 Å². The van der Waals surface area contributed by atoms with Crippen molar-refractivity contribution in [1.82, 2.24) is 19.9 Å². The standard InChI is InChI=1S/C22H22N4O3S/c1-14-11-18-20(23-14)21(28)26(12-17-9-6-10-29-17)22(25-18)30-13-19(27)24-15(2)16-7-4-3-5-8-16/h3-11,15,23H,12-13H2,1-2H3,(H,24,27). The molecule has 1 atom stereocenters. The van der Waals surface area contributed by atoms with Gasteiger partial charge in [-0.05, 0) is 37.6 Å². The van der Waals surface area contributed by atoms with Crippen LogP contribution in [0, 0.1) is 6.92 Å². The van der Waals surface area contributed by atoms with Gasteiger partial charge in [0.15, 0.2) is 5.16 Å². The summed E-state index contributed by atoms with van der Waals surface area (Å²) >= 11 is 1.24. The number of hydrogen-bond donors (Lipinski definition) is 2. The van der Waals surface area contributed by atoms with Crippen LogP contribution >= 0.6 is 11.8 Å². The third-order valence-corrected chi connectivity index (χ3v) is 5.72. The molecular formula is C22H22N4O3S. The van der Waals surface area contributed by atoms with E-state index in [9.17, 15) is 9.59 Å². The molecule has 2 N–H and O–H groups in total. The van der Waals surface area contributed by atoms with Crippen molar-refractivity contribution in [1.29, 1.82) is 0 Å². The van der Waals surface area contributed by atoms with Crippen LogP contribution in [-0.2, 0) is 11.3 Å². The van der Waals surface area contributed by atoms with Crippen molar-refractivity contribution < 1.29 is 9.21 Å². The summed E-state index contributed by atoms with van der Waals surface area (Å²) < 4.78 is 6.94. The van der Waals surface area contributed by atoms with Gasteiger partial charge in [-0.1, -0.05) is 42.1 Å². The number of thioether (sulfide) groups is 1. The molecule has 0 aliphatic carbocycles. The second-order valence-electron chi connectivity index (χ2n) is 7.07. The number of rotatable bonds is 7. The molecule has 4 rings (SSSR count). The van der Waals surface area contributed by atoms with E-state index in [2.05, 4.69) is 15.3 Å². The number of hydrogen-bond acceptors (Lipinski definition) is 5. The number of aryl methyl sites for hydroxylation is 1. The van der Waals surface area contributed by atoms with Crippen LogP contribution in [0.4, 0.5) is 0 Å². The van der Waals surface area contributed by atoms with Gasteiger partial charge in [-0.25, -0.2) is 4.98 Å². The normalized spacial score (nSPS) is 12.2. The number of amides is 1. The Kier molecular flexibility index (Phi) is 5.76. The first-order valence-electron chi connectivity index (χ1n) is 9.61. The lowest BCUT2D eigenvalue weighted by Crippen LogP contribution is -2.29. The zero-order chi connectivity index (χ0) is 21.1. The molecule has 3 heterocycles. The summed E-state index contributed by atoms with van der Waals surface area (Å²) in [4.78, 5) is 33.2. The number of carbonyl (C=O) groups is 1. The van der Waals surface area contributed by atoms with Crippen LogP contribution in [0.2, 0.25) is 0 Å². The quantitative estimate of drug-likeness (QED) is 0.350. The average molecular weight is 423 g/mol. The Morgan fingerprint density at radius 3 is 2.80 bits per heavy atom. The molecule has 0 radical (unpaired) electrons. The lowest BCUT2D eigenvalue weighted by atomic mass is 10.1. The second-order valence-corrected chi connectivity index (χ2v) is 8.01. The fourth-order valence-electron chi connectivity index (χ4n) is 3.26. The Labute approximate surface area is 177 Å². The van der Waals surface area contributed by atoms with E-state index in [-0.39, 0.29) is 29.8 Å². The van der Waals surface area contributed by atoms with Crippen LogP contribution in [0.1, 0.15) is 30.0 Å². The molecule has 30 heavy (non-hydrogen) atoms. The van der Waals surface area contributed by atoms with E-state index < -0.39 is 0 Å². The van der Waals surface area contributed by atoms with Gasteiger partial charge in [-0.3, -0.25) is 14.2 Å². The first kappa shape index (κ1) is 20.0. The summed E-state index contributed by atoms with van der Waals surface area (Å²) in [5.74, 6) is 0.669. The molecule has 1 amide bonds. The van der Waals surface area contributed by atoms with Crippen molar-refractivity contribution in [3.8, 4) is 0 Å². The third kappa shape index (κ3) is 4.33. The maximum absolute atomic E-state index is 13.0. The Hall–Kier alpha value is -3.26. The van der Waals surface area contributed by atoms with Gasteiger partial charge in [0.1, 0.15) is 11.3 Å². The molecule has 0 saturated carbocycles. The van der Waals surface area contributed by atoms with Gasteiger partial charge in [-0.15, -0.1) is 0 Å². The van der Waals surface area contributed by atoms with Crippen molar-refractivity contribution >= 4 is 28.7 Å². The van der Waals surface area contributed by atoms with E-state index in [4.69, 9.17) is 4.42 Å². The largest absolute Gasteiger partial charge is 0.467 e. The Bertz CT molecular complexity index is 1210. The van der Waals surface area contributed by atoms with Gasteiger partial charge in [0.2, 0.25) is 5.91 Å². The fourth-order valence-corrected chi connectivity index (χ4v) is 4.07. The van der Waals surface area contributed by atoms with Gasteiger partial charge in [-0.2, -0.15) is 0 Å². The minimum Gasteiger partial charge on any atom is -0.467 e. The highest BCUT2D eigenvalue weighted by Crippen LogP contribution is 2.20. The van der Waals surface area contributed by atoms with Crippen LogP contribution in [-0.4, -0.2) is 26.2 Å². The lowest BCUT2D eigenvalue weighted by molar-refractivity contribution is -0.119. The molecule has 0 spiro atoms. The zero-order valence-corrected chi connectivity index (χ0v) is 17.5. The summed E-state index contributed by atoms with van der Waals surface area (Å²) in [6.07, 6.45) is 1.57. The van der Waals surface area contributed by atoms with Gasteiger partial charge < -0.3 is 14.7 Å². The van der Waals surface area contributed by atoms with Crippen LogP contribution in [0.5, 0.6) is 0 Å². The highest BCUT2D eigenvalue weighted by Gasteiger charge is 2.17. The van der Waals surface area contributed by atoms with Gasteiger partial charge in [0.25, 0.3) is 5.56 Å². The first-order valence-corrected chi connectivity index (χ1v) is 10.6. The number of carbonyl (C=O) groups excluding carboxylic acids is 1. The van der Waals surface area contributed by atoms with Crippen molar-refractivity contribution in [3.05, 3.63) is 82.2 Å². The molecule has 4 aromatic rings. The van der Waals surface area contributed by atoms with Crippen LogP contribution in [0.3, 0.4) is 0 Å². The predicted molar refractivity (Wildman–Crippen MR) is 117 cm³/mol. The summed E-state index contributed by atoms with van der Waals surface area (Å²) in [6, 6.07) is 15.1. The van der Waals surface area contributed by atoms with Crippen molar-refractivity contribution in [3.63, 3.8) is 0 Å². The zero-order valence-electron chi connectivity index (χ0n) is 16.7. The second kappa shape index (κ2) is 8.62. The Morgan fingerprint density at radius 1 is 1.27 bits per heavy atom. The SMILES string of the molecule is Cc1cc2nc(SCC(=O)NC(C)c3ccccc3)n(Cc3ccco3)c(=O)c2[nH]1. The molecule has 0 bridgehead atoms. The highest BCUT2D eigenvalue weighted by atomic mass is 32.2. The Morgan fingerprint density at radius 2 is 2.07 bits per heavy atom. The molecule has 1 aromatic carbocycles. The van der Waals surface area contributed by atoms with Crippen LogP contribution in [0.15, 0.2) is 69.2 Å². The van der Waals surface area contributed by atoms with E-state index in [0.29, 0.717) is 22.0 Å². The number of fused-ring (bicyclic) bond motifs is 1. The molecule has 8 heteroatoms. The predicted octanol–water partition coefficient (Wildman–Crippen LogP) is 3.64. The van der Waals surface area contributed by atoms with Gasteiger partial charge >= 0.3 is 0 Å². The molecule has 3 aromatic heterocycles. The first-order chi connectivity index (χ1) is 14.5. The van der Waals surface area contributed by atoms with Crippen LogP contribution in [0.25, 0.3) is 11.0 Å². The number of benzene rings is 1. The number of aromatic amines is 1. The molecular weight excluding hydrogens is 400 g/mol. The molecule has 154 valence electrons. The molecule has 0 aliphatic heterocycles. The third-order valence-electron chi connectivity index (χ3n) is 4.74. The average Bonchev–Trinajstić information content (AvgIpc) is 3.38. The van der Waals surface area contributed by atoms with Crippen molar-refractivity contribution in [2.24, 2.45) is 0 Å². The maximum atomic E-state index is 13.0. The summed E-state index contributed by atoms with van der Waals surface area (Å²) in [5.41, 5.74) is 2.74. The monoisotopic (exact) mass is 422 g/mol. The lowest BCUT2D eigenvalue weighted by Gasteiger charge is -2.15. The van der Waals surface area contributed by atoms with Gasteiger partial charge in [0.05, 0.1) is 30.1 Å². The number of aromatic nitrogens is 3. The smallest absolute Gasteiger partial charge is 0.278 e. The summed E-state index contributed by atoms with van der Waals surface area (Å²) in [5, 5.41) is 3.46. The van der Waals surface area contributed by atoms with Crippen molar-refractivity contribution in [2.75, 3.05) is 5.75 Å².